The fourth-order valence-corrected chi connectivity index (χ4v) is 4.29. The van der Waals surface area contributed by atoms with E-state index in [0.29, 0.717) is 12.4 Å². The summed E-state index contributed by atoms with van der Waals surface area (Å²) < 4.78 is 19.4. The summed E-state index contributed by atoms with van der Waals surface area (Å²) in [6.07, 6.45) is -0.0487. The molecule has 0 saturated heterocycles. The van der Waals surface area contributed by atoms with Gasteiger partial charge in [0.05, 0.1) is 10.6 Å². The normalized spacial score (nSPS) is 14.1. The van der Waals surface area contributed by atoms with Crippen molar-refractivity contribution in [1.29, 1.82) is 0 Å². The van der Waals surface area contributed by atoms with Gasteiger partial charge in [0.25, 0.3) is 0 Å². The Balaban J connectivity index is 2.40. The Morgan fingerprint density at radius 3 is 2.30 bits per heavy atom. The number of ether oxygens (including phenoxy) is 2. The van der Waals surface area contributed by atoms with Crippen LogP contribution in [0.4, 0.5) is 0 Å². The highest BCUT2D eigenvalue weighted by Crippen LogP contribution is 2.42. The second-order valence-corrected chi connectivity index (χ2v) is 14.7. The molecule has 0 fully saturated rings. The van der Waals surface area contributed by atoms with Crippen LogP contribution < -0.4 is 9.16 Å². The average Bonchev–Trinajstić information content (AvgIpc) is 2.66. The van der Waals surface area contributed by atoms with Gasteiger partial charge in [-0.2, -0.15) is 0 Å². The van der Waals surface area contributed by atoms with Gasteiger partial charge in [0, 0.05) is 5.56 Å². The summed E-state index contributed by atoms with van der Waals surface area (Å²) >= 11 is 3.67. The SMILES string of the molecule is C[C@H](C=O)O[C@H](C)c1cc(O[Si](C)(C)C(C)(C)C)cc(Br)c1OCc1ccccc1. The maximum atomic E-state index is 11.1. The second kappa shape index (κ2) is 10.1. The van der Waals surface area contributed by atoms with Crippen LogP contribution in [0.3, 0.4) is 0 Å². The average molecular weight is 494 g/mol. The molecular weight excluding hydrogens is 460 g/mol. The van der Waals surface area contributed by atoms with Gasteiger partial charge in [-0.15, -0.1) is 0 Å². The number of carbonyl (C=O) groups is 1. The van der Waals surface area contributed by atoms with Gasteiger partial charge >= 0.3 is 0 Å². The lowest BCUT2D eigenvalue weighted by molar-refractivity contribution is -0.120. The Labute approximate surface area is 190 Å². The van der Waals surface area contributed by atoms with Crippen LogP contribution in [0, 0.1) is 0 Å². The van der Waals surface area contributed by atoms with Gasteiger partial charge in [-0.25, -0.2) is 0 Å². The molecule has 0 aliphatic rings. The van der Waals surface area contributed by atoms with E-state index in [1.165, 1.54) is 0 Å². The molecule has 164 valence electrons. The molecule has 4 nitrogen and oxygen atoms in total. The highest BCUT2D eigenvalue weighted by Gasteiger charge is 2.39. The Hall–Kier alpha value is -1.63. The van der Waals surface area contributed by atoms with Crippen LogP contribution in [0.2, 0.25) is 18.1 Å². The monoisotopic (exact) mass is 492 g/mol. The molecule has 30 heavy (non-hydrogen) atoms. The Morgan fingerprint density at radius 2 is 1.73 bits per heavy atom. The van der Waals surface area contributed by atoms with E-state index in [-0.39, 0.29) is 11.1 Å². The number of hydrogen-bond donors (Lipinski definition) is 0. The quantitative estimate of drug-likeness (QED) is 0.277. The number of carbonyl (C=O) groups excluding carboxylic acids is 1. The molecule has 0 spiro atoms. The molecule has 0 aliphatic carbocycles. The van der Waals surface area contributed by atoms with Gasteiger partial charge in [-0.3, -0.25) is 0 Å². The van der Waals surface area contributed by atoms with Crippen LogP contribution >= 0.6 is 15.9 Å². The van der Waals surface area contributed by atoms with E-state index in [4.69, 9.17) is 13.9 Å². The van der Waals surface area contributed by atoms with Gasteiger partial charge in [0.15, 0.2) is 0 Å². The smallest absolute Gasteiger partial charge is 0.250 e. The molecule has 2 atom stereocenters. The molecule has 0 unspecified atom stereocenters. The van der Waals surface area contributed by atoms with E-state index < -0.39 is 14.4 Å². The van der Waals surface area contributed by atoms with Crippen LogP contribution in [0.1, 0.15) is 51.8 Å². The molecule has 0 saturated carbocycles. The molecule has 2 aromatic carbocycles. The number of benzene rings is 2. The van der Waals surface area contributed by atoms with E-state index in [9.17, 15) is 4.79 Å². The molecule has 6 heteroatoms. The lowest BCUT2D eigenvalue weighted by Gasteiger charge is -2.36. The minimum absolute atomic E-state index is 0.0796. The maximum Gasteiger partial charge on any atom is 0.250 e. The van der Waals surface area contributed by atoms with Crippen LogP contribution in [0.25, 0.3) is 0 Å². The summed E-state index contributed by atoms with van der Waals surface area (Å²) in [6, 6.07) is 13.9. The number of rotatable bonds is 9. The van der Waals surface area contributed by atoms with Crippen molar-refractivity contribution in [1.82, 2.24) is 0 Å². The minimum Gasteiger partial charge on any atom is -0.543 e. The molecule has 2 rings (SSSR count). The third kappa shape index (κ3) is 6.43. The zero-order valence-electron chi connectivity index (χ0n) is 19.0. The number of aldehydes is 1. The first kappa shape index (κ1) is 24.6. The predicted octanol–water partition coefficient (Wildman–Crippen LogP) is 7.08. The zero-order valence-corrected chi connectivity index (χ0v) is 21.6. The first-order valence-electron chi connectivity index (χ1n) is 10.2. The van der Waals surface area contributed by atoms with Gasteiger partial charge in [-0.05, 0) is 65.6 Å². The van der Waals surface area contributed by atoms with Gasteiger partial charge in [0.2, 0.25) is 8.32 Å². The van der Waals surface area contributed by atoms with E-state index in [1.807, 2.05) is 49.4 Å². The van der Waals surface area contributed by atoms with Crippen molar-refractivity contribution in [3.8, 4) is 11.5 Å². The first-order valence-corrected chi connectivity index (χ1v) is 13.9. The Bertz CT molecular complexity index is 846. The Morgan fingerprint density at radius 1 is 1.10 bits per heavy atom. The van der Waals surface area contributed by atoms with Crippen LogP contribution in [-0.2, 0) is 16.1 Å². The summed E-state index contributed by atoms with van der Waals surface area (Å²) in [5, 5.41) is 0.0796. The van der Waals surface area contributed by atoms with E-state index >= 15 is 0 Å². The Kier molecular flexibility index (Phi) is 8.31. The van der Waals surface area contributed by atoms with Crippen LogP contribution in [0.15, 0.2) is 46.9 Å². The summed E-state index contributed by atoms with van der Waals surface area (Å²) in [6.45, 7) is 15.2. The highest BCUT2D eigenvalue weighted by atomic mass is 79.9. The first-order chi connectivity index (χ1) is 13.9. The topological polar surface area (TPSA) is 44.8 Å². The van der Waals surface area contributed by atoms with Crippen molar-refractivity contribution in [2.45, 2.75) is 71.6 Å². The third-order valence-corrected chi connectivity index (χ3v) is 10.4. The largest absolute Gasteiger partial charge is 0.543 e. The third-order valence-electron chi connectivity index (χ3n) is 5.50. The van der Waals surface area contributed by atoms with E-state index in [0.717, 1.165) is 27.6 Å². The molecular formula is C24H33BrO4Si. The van der Waals surface area contributed by atoms with Gasteiger partial charge in [0.1, 0.15) is 30.5 Å². The van der Waals surface area contributed by atoms with Crippen molar-refractivity contribution in [3.05, 3.63) is 58.1 Å². The van der Waals surface area contributed by atoms with Gasteiger partial charge in [-0.1, -0.05) is 51.1 Å². The standard InChI is InChI=1S/C24H33BrO4Si/c1-17(15-26)28-18(2)21-13-20(29-30(6,7)24(3,4)5)14-22(25)23(21)27-16-19-11-9-8-10-12-19/h8-15,17-18H,16H2,1-7H3/t17-,18-/m1/s1. The summed E-state index contributed by atoms with van der Waals surface area (Å²) in [5.41, 5.74) is 1.93. The molecule has 0 radical (unpaired) electrons. The molecule has 0 N–H and O–H groups in total. The lowest BCUT2D eigenvalue weighted by atomic mass is 10.1. The van der Waals surface area contributed by atoms with Crippen molar-refractivity contribution in [3.63, 3.8) is 0 Å². The highest BCUT2D eigenvalue weighted by molar-refractivity contribution is 9.10. The summed E-state index contributed by atoms with van der Waals surface area (Å²) in [5.74, 6) is 1.48. The molecule has 0 amide bonds. The lowest BCUT2D eigenvalue weighted by Crippen LogP contribution is -2.43. The van der Waals surface area contributed by atoms with Crippen LogP contribution in [0.5, 0.6) is 11.5 Å². The van der Waals surface area contributed by atoms with E-state index in [1.54, 1.807) is 6.92 Å². The van der Waals surface area contributed by atoms with Crippen molar-refractivity contribution in [2.24, 2.45) is 0 Å². The summed E-state index contributed by atoms with van der Waals surface area (Å²) in [7, 11) is -2.01. The fourth-order valence-electron chi connectivity index (χ4n) is 2.71. The number of hydrogen-bond acceptors (Lipinski definition) is 4. The number of halogens is 1. The summed E-state index contributed by atoms with van der Waals surface area (Å²) in [4.78, 5) is 11.1. The molecule has 0 heterocycles. The second-order valence-electron chi connectivity index (χ2n) is 9.08. The molecule has 2 aromatic rings. The zero-order chi connectivity index (χ0) is 22.5. The van der Waals surface area contributed by atoms with E-state index in [2.05, 4.69) is 49.8 Å². The van der Waals surface area contributed by atoms with Crippen LogP contribution in [-0.4, -0.2) is 20.7 Å². The van der Waals surface area contributed by atoms with Crippen molar-refractivity contribution in [2.75, 3.05) is 0 Å². The maximum absolute atomic E-state index is 11.1. The minimum atomic E-state index is -2.01. The van der Waals surface area contributed by atoms with Gasteiger partial charge < -0.3 is 18.7 Å². The molecule has 0 aromatic heterocycles. The molecule has 0 bridgehead atoms. The molecule has 0 aliphatic heterocycles. The predicted molar refractivity (Wildman–Crippen MR) is 128 cm³/mol. The fraction of sp³-hybridized carbons (Fsp3) is 0.458. The van der Waals surface area contributed by atoms with Crippen molar-refractivity contribution >= 4 is 30.5 Å². The van der Waals surface area contributed by atoms with Crippen molar-refractivity contribution < 1.29 is 18.7 Å².